The second-order valence-electron chi connectivity index (χ2n) is 4.65. The molecule has 1 aliphatic carbocycles. The van der Waals surface area contributed by atoms with Crippen molar-refractivity contribution in [2.24, 2.45) is 5.41 Å². The van der Waals surface area contributed by atoms with Gasteiger partial charge in [0.25, 0.3) is 0 Å². The van der Waals surface area contributed by atoms with E-state index in [-0.39, 0.29) is 0 Å². The molecule has 64 valence electrons. The van der Waals surface area contributed by atoms with Gasteiger partial charge in [-0.25, -0.2) is 0 Å². The third-order valence-corrected chi connectivity index (χ3v) is 3.36. The average molecular weight is 153 g/mol. The van der Waals surface area contributed by atoms with Crippen molar-refractivity contribution >= 4 is 0 Å². The molecule has 11 heavy (non-hydrogen) atoms. The molecule has 0 bridgehead atoms. The Morgan fingerprint density at radius 1 is 1.09 bits per heavy atom. The third-order valence-electron chi connectivity index (χ3n) is 3.36. The number of nitrogens with zero attached hydrogens (tertiary/aromatic N) is 1. The Hall–Kier alpha value is -0.0400. The zero-order valence-corrected chi connectivity index (χ0v) is 7.60. The van der Waals surface area contributed by atoms with Crippen LogP contribution < -0.4 is 0 Å². The van der Waals surface area contributed by atoms with E-state index in [0.29, 0.717) is 5.41 Å². The maximum atomic E-state index is 2.62. The summed E-state index contributed by atoms with van der Waals surface area (Å²) in [5, 5.41) is 0. The molecule has 1 heterocycles. The fourth-order valence-electron chi connectivity index (χ4n) is 2.47. The minimum Gasteiger partial charge on any atom is -0.303 e. The Kier molecular flexibility index (Phi) is 1.92. The molecule has 2 aliphatic rings. The summed E-state index contributed by atoms with van der Waals surface area (Å²) in [7, 11) is 0. The molecule has 1 saturated heterocycles. The van der Waals surface area contributed by atoms with Gasteiger partial charge in [0, 0.05) is 6.54 Å². The van der Waals surface area contributed by atoms with Crippen molar-refractivity contribution in [2.75, 3.05) is 19.6 Å². The summed E-state index contributed by atoms with van der Waals surface area (Å²) < 4.78 is 0. The molecular formula is C10H19N. The number of rotatable bonds is 2. The van der Waals surface area contributed by atoms with Gasteiger partial charge in [-0.3, -0.25) is 0 Å². The van der Waals surface area contributed by atoms with Gasteiger partial charge in [-0.1, -0.05) is 19.8 Å². The van der Waals surface area contributed by atoms with E-state index in [1.54, 1.807) is 0 Å². The van der Waals surface area contributed by atoms with Gasteiger partial charge in [0.15, 0.2) is 0 Å². The highest BCUT2D eigenvalue weighted by Crippen LogP contribution is 2.38. The number of hydrogen-bond donors (Lipinski definition) is 0. The first-order valence-electron chi connectivity index (χ1n) is 5.01. The monoisotopic (exact) mass is 153 g/mol. The quantitative estimate of drug-likeness (QED) is 0.588. The Morgan fingerprint density at radius 2 is 1.73 bits per heavy atom. The van der Waals surface area contributed by atoms with Crippen LogP contribution in [0.15, 0.2) is 0 Å². The third kappa shape index (κ3) is 1.58. The summed E-state index contributed by atoms with van der Waals surface area (Å²) in [6.07, 6.45) is 7.35. The van der Waals surface area contributed by atoms with E-state index in [0.717, 1.165) is 0 Å². The first kappa shape index (κ1) is 7.60. The Bertz CT molecular complexity index is 132. The molecule has 0 unspecified atom stereocenters. The van der Waals surface area contributed by atoms with E-state index in [4.69, 9.17) is 0 Å². The smallest absolute Gasteiger partial charge is 0.00353 e. The molecule has 0 N–H and O–H groups in total. The molecule has 1 nitrogen and oxygen atoms in total. The van der Waals surface area contributed by atoms with Gasteiger partial charge in [0.1, 0.15) is 0 Å². The Balaban J connectivity index is 1.82. The van der Waals surface area contributed by atoms with Crippen molar-refractivity contribution in [2.45, 2.75) is 39.0 Å². The molecule has 2 rings (SSSR count). The zero-order valence-electron chi connectivity index (χ0n) is 7.60. The van der Waals surface area contributed by atoms with Crippen LogP contribution in [0.3, 0.4) is 0 Å². The molecule has 1 saturated carbocycles. The van der Waals surface area contributed by atoms with Crippen molar-refractivity contribution < 1.29 is 0 Å². The maximum absolute atomic E-state index is 2.62. The average Bonchev–Trinajstić information content (AvgIpc) is 2.29. The summed E-state index contributed by atoms with van der Waals surface area (Å²) >= 11 is 0. The lowest BCUT2D eigenvalue weighted by atomic mass is 9.87. The van der Waals surface area contributed by atoms with Crippen LogP contribution in [0.2, 0.25) is 0 Å². The molecule has 1 heteroatoms. The first-order valence-corrected chi connectivity index (χ1v) is 5.01. The lowest BCUT2D eigenvalue weighted by molar-refractivity contribution is 0.109. The molecule has 0 aromatic rings. The van der Waals surface area contributed by atoms with Crippen LogP contribution in [0.1, 0.15) is 39.0 Å². The van der Waals surface area contributed by atoms with Gasteiger partial charge in [0.2, 0.25) is 0 Å². The minimum absolute atomic E-state index is 0.695. The van der Waals surface area contributed by atoms with E-state index in [9.17, 15) is 0 Å². The van der Waals surface area contributed by atoms with Crippen molar-refractivity contribution in [3.63, 3.8) is 0 Å². The second kappa shape index (κ2) is 2.78. The first-order chi connectivity index (χ1) is 5.29. The Morgan fingerprint density at radius 3 is 2.18 bits per heavy atom. The summed E-state index contributed by atoms with van der Waals surface area (Å²) in [5.74, 6) is 0. The lowest BCUT2D eigenvalue weighted by Crippen LogP contribution is -2.43. The number of likely N-dealkylation sites (tertiary alicyclic amines) is 1. The molecule has 0 atom stereocenters. The SMILES string of the molecule is CC1(CN2CCC2)CCCC1. The molecular weight excluding hydrogens is 134 g/mol. The van der Waals surface area contributed by atoms with Crippen molar-refractivity contribution in [3.8, 4) is 0 Å². The predicted octanol–water partition coefficient (Wildman–Crippen LogP) is 2.27. The topological polar surface area (TPSA) is 3.24 Å². The molecule has 2 fully saturated rings. The van der Waals surface area contributed by atoms with Gasteiger partial charge in [-0.05, 0) is 37.8 Å². The van der Waals surface area contributed by atoms with E-state index in [1.807, 2.05) is 0 Å². The summed E-state index contributed by atoms with van der Waals surface area (Å²) in [4.78, 5) is 2.62. The molecule has 0 aromatic heterocycles. The summed E-state index contributed by atoms with van der Waals surface area (Å²) in [6, 6.07) is 0. The van der Waals surface area contributed by atoms with Crippen LogP contribution in [0.5, 0.6) is 0 Å². The second-order valence-corrected chi connectivity index (χ2v) is 4.65. The zero-order chi connectivity index (χ0) is 7.73. The summed E-state index contributed by atoms with van der Waals surface area (Å²) in [6.45, 7) is 6.59. The van der Waals surface area contributed by atoms with Gasteiger partial charge in [0.05, 0.1) is 0 Å². The molecule has 0 aromatic carbocycles. The molecule has 0 spiro atoms. The molecule has 0 radical (unpaired) electrons. The lowest BCUT2D eigenvalue weighted by Gasteiger charge is -2.37. The highest BCUT2D eigenvalue weighted by atomic mass is 15.2. The van der Waals surface area contributed by atoms with Crippen LogP contribution in [-0.4, -0.2) is 24.5 Å². The van der Waals surface area contributed by atoms with Crippen LogP contribution in [0, 0.1) is 5.41 Å². The van der Waals surface area contributed by atoms with Crippen molar-refractivity contribution in [1.29, 1.82) is 0 Å². The highest BCUT2D eigenvalue weighted by molar-refractivity contribution is 4.85. The fraction of sp³-hybridized carbons (Fsp3) is 1.00. The van der Waals surface area contributed by atoms with E-state index in [2.05, 4.69) is 11.8 Å². The van der Waals surface area contributed by atoms with Crippen LogP contribution in [-0.2, 0) is 0 Å². The van der Waals surface area contributed by atoms with Crippen LogP contribution >= 0.6 is 0 Å². The normalized spacial score (nSPS) is 30.3. The standard InChI is InChI=1S/C10H19N/c1-10(5-2-3-6-10)9-11-7-4-8-11/h2-9H2,1H3. The predicted molar refractivity (Wildman–Crippen MR) is 47.6 cm³/mol. The van der Waals surface area contributed by atoms with Gasteiger partial charge in [-0.15, -0.1) is 0 Å². The van der Waals surface area contributed by atoms with E-state index in [1.165, 1.54) is 51.7 Å². The van der Waals surface area contributed by atoms with Crippen LogP contribution in [0.4, 0.5) is 0 Å². The van der Waals surface area contributed by atoms with Crippen molar-refractivity contribution in [1.82, 2.24) is 4.90 Å². The van der Waals surface area contributed by atoms with E-state index < -0.39 is 0 Å². The Labute approximate surface area is 69.8 Å². The largest absolute Gasteiger partial charge is 0.303 e. The van der Waals surface area contributed by atoms with Crippen LogP contribution in [0.25, 0.3) is 0 Å². The minimum atomic E-state index is 0.695. The number of hydrogen-bond acceptors (Lipinski definition) is 1. The fourth-order valence-corrected chi connectivity index (χ4v) is 2.47. The molecule has 0 amide bonds. The van der Waals surface area contributed by atoms with E-state index >= 15 is 0 Å². The van der Waals surface area contributed by atoms with Gasteiger partial charge >= 0.3 is 0 Å². The highest BCUT2D eigenvalue weighted by Gasteiger charge is 2.31. The maximum Gasteiger partial charge on any atom is 0.00353 e. The van der Waals surface area contributed by atoms with Crippen molar-refractivity contribution in [3.05, 3.63) is 0 Å². The molecule has 1 aliphatic heterocycles. The summed E-state index contributed by atoms with van der Waals surface area (Å²) in [5.41, 5.74) is 0.695. The van der Waals surface area contributed by atoms with Gasteiger partial charge in [-0.2, -0.15) is 0 Å². The van der Waals surface area contributed by atoms with Gasteiger partial charge < -0.3 is 4.90 Å².